The second-order valence-corrected chi connectivity index (χ2v) is 6.30. The van der Waals surface area contributed by atoms with E-state index in [9.17, 15) is 0 Å². The first-order chi connectivity index (χ1) is 13.7. The fraction of sp³-hybridized carbons (Fsp3) is 0. The maximum absolute atomic E-state index is 8.44. The summed E-state index contributed by atoms with van der Waals surface area (Å²) in [5, 5.41) is 16.9. The van der Waals surface area contributed by atoms with Crippen molar-refractivity contribution in [1.29, 1.82) is 10.8 Å². The topological polar surface area (TPSA) is 73.5 Å². The minimum Gasteiger partial charge on any atom is -0.298 e. The Hall–Kier alpha value is -3.92. The SMILES string of the molecule is N=C(c1ccccc1)c1cccc(-c2cccc(C(=N)c3ccccc3)n2)n1. The summed E-state index contributed by atoms with van der Waals surface area (Å²) in [4.78, 5) is 9.27. The van der Waals surface area contributed by atoms with Crippen LogP contribution in [0.25, 0.3) is 11.4 Å². The Morgan fingerprint density at radius 1 is 0.464 bits per heavy atom. The number of hydrogen-bond donors (Lipinski definition) is 2. The standard InChI is InChI=1S/C24H18N4/c25-23(17-9-3-1-4-10-17)21-15-7-13-19(27-21)20-14-8-16-22(28-20)24(26)18-11-5-2-6-12-18/h1-16,25-26H. The summed E-state index contributed by atoms with van der Waals surface area (Å²) in [7, 11) is 0. The minimum absolute atomic E-state index is 0.371. The van der Waals surface area contributed by atoms with Crippen molar-refractivity contribution in [2.24, 2.45) is 0 Å². The lowest BCUT2D eigenvalue weighted by atomic mass is 10.1. The molecule has 0 unspecified atom stereocenters. The summed E-state index contributed by atoms with van der Waals surface area (Å²) >= 11 is 0. The summed E-state index contributed by atoms with van der Waals surface area (Å²) in [6.45, 7) is 0. The lowest BCUT2D eigenvalue weighted by Crippen LogP contribution is -2.06. The molecule has 2 heterocycles. The third kappa shape index (κ3) is 3.62. The Bertz CT molecular complexity index is 1040. The normalized spacial score (nSPS) is 10.4. The highest BCUT2D eigenvalue weighted by atomic mass is 14.8. The monoisotopic (exact) mass is 362 g/mol. The van der Waals surface area contributed by atoms with Crippen LogP contribution in [0.3, 0.4) is 0 Å². The maximum atomic E-state index is 8.44. The molecular weight excluding hydrogens is 344 g/mol. The van der Waals surface area contributed by atoms with Crippen molar-refractivity contribution in [2.75, 3.05) is 0 Å². The summed E-state index contributed by atoms with van der Waals surface area (Å²) in [6.07, 6.45) is 0. The molecule has 2 aromatic heterocycles. The Kier molecular flexibility index (Phi) is 4.85. The second kappa shape index (κ2) is 7.76. The van der Waals surface area contributed by atoms with E-state index in [0.29, 0.717) is 34.2 Å². The van der Waals surface area contributed by atoms with Gasteiger partial charge >= 0.3 is 0 Å². The van der Waals surface area contributed by atoms with Crippen LogP contribution in [0.15, 0.2) is 97.1 Å². The molecule has 4 aromatic rings. The van der Waals surface area contributed by atoms with Gasteiger partial charge in [-0.2, -0.15) is 0 Å². The van der Waals surface area contributed by atoms with Gasteiger partial charge in [-0.1, -0.05) is 72.8 Å². The first-order valence-corrected chi connectivity index (χ1v) is 8.95. The molecule has 2 aromatic carbocycles. The number of aromatic nitrogens is 2. The highest BCUT2D eigenvalue weighted by Crippen LogP contribution is 2.18. The third-order valence-corrected chi connectivity index (χ3v) is 4.40. The van der Waals surface area contributed by atoms with Crippen LogP contribution >= 0.6 is 0 Å². The van der Waals surface area contributed by atoms with Gasteiger partial charge in [-0.05, 0) is 24.3 Å². The minimum atomic E-state index is 0.371. The molecule has 4 heteroatoms. The van der Waals surface area contributed by atoms with Crippen LogP contribution < -0.4 is 0 Å². The zero-order valence-corrected chi connectivity index (χ0v) is 15.1. The first kappa shape index (κ1) is 17.5. The van der Waals surface area contributed by atoms with Gasteiger partial charge in [0.05, 0.1) is 34.2 Å². The molecule has 0 fully saturated rings. The molecule has 0 spiro atoms. The largest absolute Gasteiger partial charge is 0.298 e. The van der Waals surface area contributed by atoms with Gasteiger partial charge in [-0.25, -0.2) is 9.97 Å². The molecule has 134 valence electrons. The zero-order chi connectivity index (χ0) is 19.3. The van der Waals surface area contributed by atoms with Gasteiger partial charge in [0.2, 0.25) is 0 Å². The van der Waals surface area contributed by atoms with E-state index in [2.05, 4.69) is 9.97 Å². The number of pyridine rings is 2. The molecule has 0 atom stereocenters. The number of rotatable bonds is 5. The number of nitrogens with one attached hydrogen (secondary N) is 2. The van der Waals surface area contributed by atoms with Crippen molar-refractivity contribution in [3.8, 4) is 11.4 Å². The highest BCUT2D eigenvalue weighted by Gasteiger charge is 2.11. The Morgan fingerprint density at radius 3 is 1.25 bits per heavy atom. The fourth-order valence-corrected chi connectivity index (χ4v) is 2.94. The van der Waals surface area contributed by atoms with E-state index in [4.69, 9.17) is 10.8 Å². The van der Waals surface area contributed by atoms with Gasteiger partial charge in [0, 0.05) is 11.1 Å². The number of benzene rings is 2. The summed E-state index contributed by atoms with van der Waals surface area (Å²) < 4.78 is 0. The molecule has 0 aliphatic rings. The van der Waals surface area contributed by atoms with Gasteiger partial charge < -0.3 is 0 Å². The van der Waals surface area contributed by atoms with E-state index >= 15 is 0 Å². The van der Waals surface area contributed by atoms with Crippen LogP contribution in [0.2, 0.25) is 0 Å². The van der Waals surface area contributed by atoms with Crippen LogP contribution in [0, 0.1) is 10.8 Å². The van der Waals surface area contributed by atoms with Crippen LogP contribution in [-0.2, 0) is 0 Å². The van der Waals surface area contributed by atoms with Crippen LogP contribution in [-0.4, -0.2) is 21.4 Å². The molecule has 0 bridgehead atoms. The van der Waals surface area contributed by atoms with Gasteiger partial charge in [-0.3, -0.25) is 10.8 Å². The van der Waals surface area contributed by atoms with E-state index in [0.717, 1.165) is 11.1 Å². The van der Waals surface area contributed by atoms with Crippen LogP contribution in [0.1, 0.15) is 22.5 Å². The molecule has 0 saturated carbocycles. The van der Waals surface area contributed by atoms with E-state index < -0.39 is 0 Å². The van der Waals surface area contributed by atoms with Gasteiger partial charge in [0.15, 0.2) is 0 Å². The average molecular weight is 362 g/mol. The van der Waals surface area contributed by atoms with Gasteiger partial charge in [0.1, 0.15) is 0 Å². The van der Waals surface area contributed by atoms with Crippen molar-refractivity contribution < 1.29 is 0 Å². The van der Waals surface area contributed by atoms with Gasteiger partial charge in [-0.15, -0.1) is 0 Å². The Balaban J connectivity index is 1.67. The van der Waals surface area contributed by atoms with Crippen molar-refractivity contribution in [3.05, 3.63) is 120 Å². The zero-order valence-electron chi connectivity index (χ0n) is 15.1. The van der Waals surface area contributed by atoms with E-state index in [1.807, 2.05) is 97.1 Å². The molecule has 0 aliphatic heterocycles. The smallest absolute Gasteiger partial charge is 0.0894 e. The Labute approximate surface area is 163 Å². The van der Waals surface area contributed by atoms with Crippen molar-refractivity contribution in [3.63, 3.8) is 0 Å². The molecule has 0 amide bonds. The van der Waals surface area contributed by atoms with Crippen LogP contribution in [0.4, 0.5) is 0 Å². The van der Waals surface area contributed by atoms with E-state index in [1.165, 1.54) is 0 Å². The van der Waals surface area contributed by atoms with E-state index in [-0.39, 0.29) is 0 Å². The molecule has 0 aliphatic carbocycles. The predicted octanol–water partition coefficient (Wildman–Crippen LogP) is 4.98. The van der Waals surface area contributed by atoms with Crippen molar-refractivity contribution in [1.82, 2.24) is 9.97 Å². The Morgan fingerprint density at radius 2 is 0.857 bits per heavy atom. The van der Waals surface area contributed by atoms with Gasteiger partial charge in [0.25, 0.3) is 0 Å². The second-order valence-electron chi connectivity index (χ2n) is 6.30. The predicted molar refractivity (Wildman–Crippen MR) is 112 cm³/mol. The lowest BCUT2D eigenvalue weighted by molar-refractivity contribution is 1.21. The van der Waals surface area contributed by atoms with Crippen LogP contribution in [0.5, 0.6) is 0 Å². The number of nitrogens with zero attached hydrogens (tertiary/aromatic N) is 2. The lowest BCUT2D eigenvalue weighted by Gasteiger charge is -2.08. The summed E-state index contributed by atoms with van der Waals surface area (Å²) in [6, 6.07) is 30.3. The average Bonchev–Trinajstić information content (AvgIpc) is 2.79. The van der Waals surface area contributed by atoms with E-state index in [1.54, 1.807) is 0 Å². The highest BCUT2D eigenvalue weighted by molar-refractivity contribution is 6.10. The molecule has 0 radical (unpaired) electrons. The summed E-state index contributed by atoms with van der Waals surface area (Å²) in [5.41, 5.74) is 4.93. The van der Waals surface area contributed by atoms with Crippen molar-refractivity contribution >= 4 is 11.4 Å². The third-order valence-electron chi connectivity index (χ3n) is 4.40. The molecular formula is C24H18N4. The molecule has 4 nitrogen and oxygen atoms in total. The number of hydrogen-bond acceptors (Lipinski definition) is 4. The molecule has 0 saturated heterocycles. The quantitative estimate of drug-likeness (QED) is 0.492. The summed E-state index contributed by atoms with van der Waals surface area (Å²) in [5.74, 6) is 0. The molecule has 4 rings (SSSR count). The molecule has 28 heavy (non-hydrogen) atoms. The first-order valence-electron chi connectivity index (χ1n) is 8.95. The fourth-order valence-electron chi connectivity index (χ4n) is 2.94. The maximum Gasteiger partial charge on any atom is 0.0894 e. The van der Waals surface area contributed by atoms with Crippen molar-refractivity contribution in [2.45, 2.75) is 0 Å². The molecule has 2 N–H and O–H groups in total.